The zero-order valence-electron chi connectivity index (χ0n) is 10.4. The molecule has 0 saturated carbocycles. The summed E-state index contributed by atoms with van der Waals surface area (Å²) in [6.45, 7) is 1.66. The molecule has 96 valence electrons. The van der Waals surface area contributed by atoms with Crippen LogP contribution in [0.5, 0.6) is 0 Å². The fourth-order valence-electron chi connectivity index (χ4n) is 1.73. The second kappa shape index (κ2) is 8.26. The van der Waals surface area contributed by atoms with Crippen molar-refractivity contribution in [3.05, 3.63) is 39.9 Å². The molecule has 0 bridgehead atoms. The van der Waals surface area contributed by atoms with Crippen LogP contribution < -0.4 is 5.32 Å². The molecule has 1 aromatic carbocycles. The molecule has 0 aliphatic carbocycles. The van der Waals surface area contributed by atoms with Crippen LogP contribution >= 0.6 is 0 Å². The molecular weight excluding hydrogens is 228 g/mol. The maximum Gasteiger partial charge on any atom is 0.272 e. The summed E-state index contributed by atoms with van der Waals surface area (Å²) in [4.78, 5) is 10.5. The number of rotatable bonds is 8. The van der Waals surface area contributed by atoms with E-state index < -0.39 is 0 Å². The molecule has 1 rings (SSSR count). The van der Waals surface area contributed by atoms with E-state index in [4.69, 9.17) is 6.42 Å². The second-order valence-electron chi connectivity index (χ2n) is 4.05. The van der Waals surface area contributed by atoms with Gasteiger partial charge >= 0.3 is 0 Å². The lowest BCUT2D eigenvalue weighted by Crippen LogP contribution is -2.18. The minimum Gasteiger partial charge on any atom is -0.316 e. The van der Waals surface area contributed by atoms with Gasteiger partial charge in [0.25, 0.3) is 5.69 Å². The first-order valence-corrected chi connectivity index (χ1v) is 6.12. The normalized spacial score (nSPS) is 9.94. The number of terminal acetylenes is 1. The van der Waals surface area contributed by atoms with Gasteiger partial charge in [-0.2, -0.15) is 0 Å². The molecule has 4 heteroatoms. The quantitative estimate of drug-likeness (QED) is 0.332. The van der Waals surface area contributed by atoms with Gasteiger partial charge in [-0.15, -0.1) is 12.3 Å². The molecule has 0 heterocycles. The van der Waals surface area contributed by atoms with E-state index in [0.717, 1.165) is 37.9 Å². The lowest BCUT2D eigenvalue weighted by atomic mass is 10.1. The summed E-state index contributed by atoms with van der Waals surface area (Å²) in [7, 11) is 0. The van der Waals surface area contributed by atoms with Gasteiger partial charge in [0, 0.05) is 18.1 Å². The monoisotopic (exact) mass is 246 g/mol. The molecule has 4 nitrogen and oxygen atoms in total. The summed E-state index contributed by atoms with van der Waals surface area (Å²) in [5, 5.41) is 14.1. The van der Waals surface area contributed by atoms with Crippen LogP contribution in [0.4, 0.5) is 5.69 Å². The summed E-state index contributed by atoms with van der Waals surface area (Å²) in [6.07, 6.45) is 8.71. The van der Waals surface area contributed by atoms with E-state index in [1.165, 1.54) is 0 Å². The third-order valence-electron chi connectivity index (χ3n) is 2.68. The largest absolute Gasteiger partial charge is 0.316 e. The topological polar surface area (TPSA) is 55.2 Å². The van der Waals surface area contributed by atoms with Crippen molar-refractivity contribution in [1.82, 2.24) is 5.32 Å². The fourth-order valence-corrected chi connectivity index (χ4v) is 1.73. The van der Waals surface area contributed by atoms with Crippen molar-refractivity contribution in [2.24, 2.45) is 0 Å². The first kappa shape index (κ1) is 14.2. The minimum atomic E-state index is -0.331. The molecule has 1 aromatic rings. The number of benzene rings is 1. The first-order chi connectivity index (χ1) is 8.75. The Morgan fingerprint density at radius 1 is 1.28 bits per heavy atom. The Hall–Kier alpha value is -1.86. The van der Waals surface area contributed by atoms with Gasteiger partial charge in [0.2, 0.25) is 0 Å². The average molecular weight is 246 g/mol. The number of nitro groups is 1. The van der Waals surface area contributed by atoms with Crippen LogP contribution in [0, 0.1) is 22.5 Å². The van der Waals surface area contributed by atoms with E-state index in [-0.39, 0.29) is 10.6 Å². The molecule has 0 aliphatic heterocycles. The van der Waals surface area contributed by atoms with Crippen LogP contribution in [0.1, 0.15) is 24.8 Å². The third kappa shape index (κ3) is 4.98. The maximum absolute atomic E-state index is 10.8. The zero-order valence-corrected chi connectivity index (χ0v) is 10.4. The average Bonchev–Trinajstić information content (AvgIpc) is 2.38. The summed E-state index contributed by atoms with van der Waals surface area (Å²) < 4.78 is 0. The Morgan fingerprint density at radius 3 is 2.78 bits per heavy atom. The van der Waals surface area contributed by atoms with E-state index in [1.54, 1.807) is 18.2 Å². The number of nitrogens with zero attached hydrogens (tertiary/aromatic N) is 1. The van der Waals surface area contributed by atoms with Crippen LogP contribution in [-0.2, 0) is 6.42 Å². The van der Waals surface area contributed by atoms with Gasteiger partial charge in [-0.05, 0) is 32.4 Å². The second-order valence-corrected chi connectivity index (χ2v) is 4.05. The summed E-state index contributed by atoms with van der Waals surface area (Å²) >= 11 is 0. The highest BCUT2D eigenvalue weighted by atomic mass is 16.6. The molecule has 0 aromatic heterocycles. The van der Waals surface area contributed by atoms with E-state index in [0.29, 0.717) is 6.42 Å². The van der Waals surface area contributed by atoms with Gasteiger partial charge in [0.1, 0.15) is 0 Å². The highest BCUT2D eigenvalue weighted by Gasteiger charge is 2.10. The van der Waals surface area contributed by atoms with Crippen molar-refractivity contribution < 1.29 is 4.92 Å². The number of unbranched alkanes of at least 4 members (excludes halogenated alkanes) is 2. The molecule has 18 heavy (non-hydrogen) atoms. The zero-order chi connectivity index (χ0) is 13.2. The van der Waals surface area contributed by atoms with E-state index in [2.05, 4.69) is 11.2 Å². The van der Waals surface area contributed by atoms with Gasteiger partial charge in [-0.1, -0.05) is 18.2 Å². The van der Waals surface area contributed by atoms with Crippen molar-refractivity contribution in [1.29, 1.82) is 0 Å². The predicted molar refractivity (Wildman–Crippen MR) is 72.4 cm³/mol. The molecule has 0 spiro atoms. The molecule has 0 saturated heterocycles. The van der Waals surface area contributed by atoms with Crippen LogP contribution in [0.3, 0.4) is 0 Å². The van der Waals surface area contributed by atoms with Crippen molar-refractivity contribution in [3.63, 3.8) is 0 Å². The van der Waals surface area contributed by atoms with Crippen LogP contribution in [-0.4, -0.2) is 18.0 Å². The van der Waals surface area contributed by atoms with Gasteiger partial charge < -0.3 is 5.32 Å². The molecular formula is C14H18N2O2. The molecule has 0 unspecified atom stereocenters. The predicted octanol–water partition coefficient (Wildman–Crippen LogP) is 2.53. The Balaban J connectivity index is 2.27. The summed E-state index contributed by atoms with van der Waals surface area (Å²) in [5.74, 6) is 2.60. The molecule has 0 amide bonds. The number of nitrogens with one attached hydrogen (secondary N) is 1. The van der Waals surface area contributed by atoms with E-state index in [1.807, 2.05) is 6.07 Å². The van der Waals surface area contributed by atoms with Crippen LogP contribution in [0.15, 0.2) is 24.3 Å². The lowest BCUT2D eigenvalue weighted by molar-refractivity contribution is -0.385. The lowest BCUT2D eigenvalue weighted by Gasteiger charge is -2.04. The number of nitro benzene ring substituents is 1. The van der Waals surface area contributed by atoms with Crippen molar-refractivity contribution in [3.8, 4) is 12.3 Å². The van der Waals surface area contributed by atoms with Crippen molar-refractivity contribution in [2.75, 3.05) is 13.1 Å². The summed E-state index contributed by atoms with van der Waals surface area (Å²) in [5.41, 5.74) is 0.977. The van der Waals surface area contributed by atoms with Crippen molar-refractivity contribution in [2.45, 2.75) is 25.7 Å². The van der Waals surface area contributed by atoms with Gasteiger partial charge in [-0.25, -0.2) is 0 Å². The molecule has 1 N–H and O–H groups in total. The highest BCUT2D eigenvalue weighted by molar-refractivity contribution is 5.39. The molecule has 0 atom stereocenters. The minimum absolute atomic E-state index is 0.201. The van der Waals surface area contributed by atoms with E-state index in [9.17, 15) is 10.1 Å². The smallest absolute Gasteiger partial charge is 0.272 e. The van der Waals surface area contributed by atoms with Crippen LogP contribution in [0.2, 0.25) is 0 Å². The van der Waals surface area contributed by atoms with Crippen molar-refractivity contribution >= 4 is 5.69 Å². The Morgan fingerprint density at radius 2 is 2.06 bits per heavy atom. The fraction of sp³-hybridized carbons (Fsp3) is 0.429. The molecule has 0 radical (unpaired) electrons. The highest BCUT2D eigenvalue weighted by Crippen LogP contribution is 2.17. The third-order valence-corrected chi connectivity index (χ3v) is 2.68. The molecule has 0 fully saturated rings. The SMILES string of the molecule is C#CCCCCNCCc1ccccc1[N+](=O)[O-]. The Bertz CT molecular complexity index is 424. The number of para-hydroxylation sites is 1. The number of hydrogen-bond acceptors (Lipinski definition) is 3. The van der Waals surface area contributed by atoms with Gasteiger partial charge in [-0.3, -0.25) is 10.1 Å². The molecule has 0 aliphatic rings. The number of hydrogen-bond donors (Lipinski definition) is 1. The maximum atomic E-state index is 10.8. The van der Waals surface area contributed by atoms with Gasteiger partial charge in [0.05, 0.1) is 4.92 Å². The first-order valence-electron chi connectivity index (χ1n) is 6.12. The Kier molecular flexibility index (Phi) is 6.52. The van der Waals surface area contributed by atoms with E-state index >= 15 is 0 Å². The standard InChI is InChI=1S/C14H18N2O2/c1-2-3-4-7-11-15-12-10-13-8-5-6-9-14(13)16(17)18/h1,5-6,8-9,15H,3-4,7,10-12H2. The Labute approximate surface area is 108 Å². The van der Waals surface area contributed by atoms with Gasteiger partial charge in [0.15, 0.2) is 0 Å². The summed E-state index contributed by atoms with van der Waals surface area (Å²) in [6, 6.07) is 6.87. The van der Waals surface area contributed by atoms with Crippen LogP contribution in [0.25, 0.3) is 0 Å².